The summed E-state index contributed by atoms with van der Waals surface area (Å²) in [4.78, 5) is 36.1. The minimum atomic E-state index is -0.518. The normalized spacial score (nSPS) is 19.7. The molecular weight excluding hydrogens is 330 g/mol. The van der Waals surface area contributed by atoms with E-state index in [4.69, 9.17) is 4.74 Å². The molecule has 142 valence electrons. The van der Waals surface area contributed by atoms with Crippen LogP contribution in [0.1, 0.15) is 66.9 Å². The van der Waals surface area contributed by atoms with Gasteiger partial charge in [0.05, 0.1) is 6.42 Å². The Morgan fingerprint density at radius 2 is 1.85 bits per heavy atom. The molecule has 0 spiro atoms. The van der Waals surface area contributed by atoms with Crippen molar-refractivity contribution < 1.29 is 19.1 Å². The lowest BCUT2D eigenvalue weighted by Crippen LogP contribution is -2.42. The van der Waals surface area contributed by atoms with Crippen LogP contribution >= 0.6 is 0 Å². The first-order chi connectivity index (χ1) is 12.4. The van der Waals surface area contributed by atoms with Crippen molar-refractivity contribution in [3.05, 3.63) is 34.9 Å². The largest absolute Gasteiger partial charge is 0.456 e. The number of rotatable bonds is 7. The molecule has 0 aromatic heterocycles. The molecule has 26 heavy (non-hydrogen) atoms. The molecule has 1 amide bonds. The molecule has 0 unspecified atom stereocenters. The highest BCUT2D eigenvalue weighted by molar-refractivity contribution is 5.99. The van der Waals surface area contributed by atoms with E-state index in [9.17, 15) is 14.4 Å². The number of hydrogen-bond donors (Lipinski definition) is 1. The number of ether oxygens (including phenoxy) is 1. The second-order valence-corrected chi connectivity index (χ2v) is 7.34. The third-order valence-corrected chi connectivity index (χ3v) is 5.07. The second kappa shape index (κ2) is 9.51. The fourth-order valence-electron chi connectivity index (χ4n) is 3.38. The average molecular weight is 359 g/mol. The number of nitrogens with one attached hydrogen (secondary N) is 1. The summed E-state index contributed by atoms with van der Waals surface area (Å²) in [5.74, 6) is -0.407. The maximum Gasteiger partial charge on any atom is 0.306 e. The van der Waals surface area contributed by atoms with Crippen molar-refractivity contribution in [1.82, 2.24) is 5.32 Å². The van der Waals surface area contributed by atoms with Gasteiger partial charge in [-0.15, -0.1) is 0 Å². The number of hydrogen-bond acceptors (Lipinski definition) is 4. The van der Waals surface area contributed by atoms with Gasteiger partial charge in [0.25, 0.3) is 5.91 Å². The Hall–Kier alpha value is -2.17. The Morgan fingerprint density at radius 3 is 2.58 bits per heavy atom. The van der Waals surface area contributed by atoms with Crippen LogP contribution in [0.3, 0.4) is 0 Å². The fourth-order valence-corrected chi connectivity index (χ4v) is 3.38. The first-order valence-electron chi connectivity index (χ1n) is 9.42. The quantitative estimate of drug-likeness (QED) is 0.597. The fraction of sp³-hybridized carbons (Fsp3) is 0.571. The molecule has 1 N–H and O–H groups in total. The summed E-state index contributed by atoms with van der Waals surface area (Å²) in [7, 11) is 0. The number of aryl methyl sites for hydroxylation is 2. The summed E-state index contributed by atoms with van der Waals surface area (Å²) >= 11 is 0. The van der Waals surface area contributed by atoms with Crippen LogP contribution in [0, 0.1) is 19.8 Å². The Kier molecular flexibility index (Phi) is 7.37. The van der Waals surface area contributed by atoms with Crippen molar-refractivity contribution in [2.24, 2.45) is 5.92 Å². The lowest BCUT2D eigenvalue weighted by Gasteiger charge is -2.29. The van der Waals surface area contributed by atoms with Gasteiger partial charge in [0.15, 0.2) is 12.4 Å². The molecule has 0 radical (unpaired) electrons. The van der Waals surface area contributed by atoms with Crippen LogP contribution in [0.15, 0.2) is 18.2 Å². The van der Waals surface area contributed by atoms with E-state index < -0.39 is 5.97 Å². The zero-order chi connectivity index (χ0) is 19.1. The van der Waals surface area contributed by atoms with Gasteiger partial charge in [-0.05, 0) is 44.2 Å². The molecule has 1 fully saturated rings. The zero-order valence-corrected chi connectivity index (χ0v) is 16.0. The van der Waals surface area contributed by atoms with Crippen molar-refractivity contribution in [3.63, 3.8) is 0 Å². The number of esters is 1. The van der Waals surface area contributed by atoms with E-state index in [1.165, 1.54) is 6.42 Å². The highest BCUT2D eigenvalue weighted by atomic mass is 16.5. The monoisotopic (exact) mass is 359 g/mol. The van der Waals surface area contributed by atoms with Gasteiger partial charge < -0.3 is 10.1 Å². The highest BCUT2D eigenvalue weighted by Gasteiger charge is 2.23. The third kappa shape index (κ3) is 5.97. The van der Waals surface area contributed by atoms with E-state index in [0.29, 0.717) is 11.5 Å². The van der Waals surface area contributed by atoms with Gasteiger partial charge in [0.2, 0.25) is 0 Å². The van der Waals surface area contributed by atoms with Gasteiger partial charge in [0, 0.05) is 18.0 Å². The summed E-state index contributed by atoms with van der Waals surface area (Å²) in [5.41, 5.74) is 2.55. The maximum absolute atomic E-state index is 12.3. The van der Waals surface area contributed by atoms with Crippen LogP contribution in [-0.4, -0.2) is 30.3 Å². The average Bonchev–Trinajstić information content (AvgIpc) is 2.62. The molecular formula is C21H29NO4. The third-order valence-electron chi connectivity index (χ3n) is 5.07. The van der Waals surface area contributed by atoms with Crippen LogP contribution in [0.2, 0.25) is 0 Å². The Morgan fingerprint density at radius 1 is 1.12 bits per heavy atom. The summed E-state index contributed by atoms with van der Waals surface area (Å²) in [5, 5.41) is 2.95. The maximum atomic E-state index is 12.3. The van der Waals surface area contributed by atoms with Crippen LogP contribution in [0.25, 0.3) is 0 Å². The lowest BCUT2D eigenvalue weighted by atomic mass is 9.86. The lowest BCUT2D eigenvalue weighted by molar-refractivity contribution is -0.148. The van der Waals surface area contributed by atoms with Crippen molar-refractivity contribution in [2.45, 2.75) is 65.3 Å². The van der Waals surface area contributed by atoms with Crippen molar-refractivity contribution in [2.75, 3.05) is 6.61 Å². The molecule has 0 aliphatic heterocycles. The smallest absolute Gasteiger partial charge is 0.306 e. The minimum absolute atomic E-state index is 0.0146. The minimum Gasteiger partial charge on any atom is -0.456 e. The number of carbonyl (C=O) groups is 3. The van der Waals surface area contributed by atoms with E-state index in [1.807, 2.05) is 32.0 Å². The van der Waals surface area contributed by atoms with Crippen LogP contribution in [-0.2, 0) is 14.3 Å². The SMILES string of the molecule is Cc1ccc(C)c(C(=O)CCC(=O)OCC(=O)N[C@H]2CCCC[C@H]2C)c1. The summed E-state index contributed by atoms with van der Waals surface area (Å²) in [6.45, 7) is 5.66. The van der Waals surface area contributed by atoms with E-state index in [0.717, 1.165) is 30.4 Å². The van der Waals surface area contributed by atoms with Gasteiger partial charge in [0.1, 0.15) is 0 Å². The van der Waals surface area contributed by atoms with Gasteiger partial charge >= 0.3 is 5.97 Å². The number of ketones is 1. The number of carbonyl (C=O) groups excluding carboxylic acids is 3. The van der Waals surface area contributed by atoms with Crippen LogP contribution in [0.4, 0.5) is 0 Å². The second-order valence-electron chi connectivity index (χ2n) is 7.34. The number of benzene rings is 1. The van der Waals surface area contributed by atoms with Crippen molar-refractivity contribution >= 4 is 17.7 Å². The van der Waals surface area contributed by atoms with Gasteiger partial charge in [-0.1, -0.05) is 37.5 Å². The van der Waals surface area contributed by atoms with Crippen LogP contribution < -0.4 is 5.32 Å². The van der Waals surface area contributed by atoms with E-state index in [1.54, 1.807) is 0 Å². The van der Waals surface area contributed by atoms with Gasteiger partial charge in [-0.2, -0.15) is 0 Å². The molecule has 5 heteroatoms. The van der Waals surface area contributed by atoms with Crippen molar-refractivity contribution in [1.29, 1.82) is 0 Å². The molecule has 1 aromatic rings. The van der Waals surface area contributed by atoms with Crippen molar-refractivity contribution in [3.8, 4) is 0 Å². The number of amides is 1. The molecule has 2 atom stereocenters. The van der Waals surface area contributed by atoms with E-state index in [2.05, 4.69) is 12.2 Å². The Bertz CT molecular complexity index is 668. The summed E-state index contributed by atoms with van der Waals surface area (Å²) in [6.07, 6.45) is 4.49. The molecule has 5 nitrogen and oxygen atoms in total. The first kappa shape index (κ1) is 20.1. The summed E-state index contributed by atoms with van der Waals surface area (Å²) < 4.78 is 5.02. The zero-order valence-electron chi connectivity index (χ0n) is 16.0. The van der Waals surface area contributed by atoms with Crippen LogP contribution in [0.5, 0.6) is 0 Å². The first-order valence-corrected chi connectivity index (χ1v) is 9.42. The molecule has 0 heterocycles. The molecule has 0 bridgehead atoms. The topological polar surface area (TPSA) is 72.5 Å². The van der Waals surface area contributed by atoms with Gasteiger partial charge in [-0.25, -0.2) is 0 Å². The Balaban J connectivity index is 1.72. The predicted molar refractivity (Wildman–Crippen MR) is 100 cm³/mol. The molecule has 1 aliphatic carbocycles. The predicted octanol–water partition coefficient (Wildman–Crippen LogP) is 3.50. The molecule has 1 saturated carbocycles. The molecule has 1 aliphatic rings. The standard InChI is InChI=1S/C21H29NO4/c1-14-8-9-15(2)17(12-14)19(23)10-11-21(25)26-13-20(24)22-18-7-5-4-6-16(18)3/h8-9,12,16,18H,4-7,10-11,13H2,1-3H3,(H,22,24)/t16-,18+/m1/s1. The Labute approximate surface area is 155 Å². The van der Waals surface area contributed by atoms with Gasteiger partial charge in [-0.3, -0.25) is 14.4 Å². The molecule has 1 aromatic carbocycles. The highest BCUT2D eigenvalue weighted by Crippen LogP contribution is 2.23. The molecule has 2 rings (SSSR count). The van der Waals surface area contributed by atoms with E-state index >= 15 is 0 Å². The molecule has 0 saturated heterocycles. The number of Topliss-reactive ketones (excluding diaryl/α,β-unsaturated/α-hetero) is 1. The van der Waals surface area contributed by atoms with E-state index in [-0.39, 0.29) is 37.2 Å². The summed E-state index contributed by atoms with van der Waals surface area (Å²) in [6, 6.07) is 5.85.